The molecule has 1 aliphatic heterocycles. The van der Waals surface area contributed by atoms with Crippen molar-refractivity contribution in [3.8, 4) is 0 Å². The van der Waals surface area contributed by atoms with Gasteiger partial charge in [-0.1, -0.05) is 36.6 Å². The van der Waals surface area contributed by atoms with Crippen LogP contribution in [0.3, 0.4) is 0 Å². The van der Waals surface area contributed by atoms with E-state index in [0.29, 0.717) is 10.7 Å². The van der Waals surface area contributed by atoms with Crippen LogP contribution in [-0.4, -0.2) is 16.7 Å². The number of quaternary nitrogens is 1. The molecule has 2 aromatic rings. The fourth-order valence-electron chi connectivity index (χ4n) is 3.32. The quantitative estimate of drug-likeness (QED) is 0.841. The van der Waals surface area contributed by atoms with Gasteiger partial charge in [0.1, 0.15) is 17.3 Å². The molecule has 0 spiro atoms. The Morgan fingerprint density at radius 3 is 2.65 bits per heavy atom. The van der Waals surface area contributed by atoms with Crippen molar-refractivity contribution in [2.24, 2.45) is 5.10 Å². The fraction of sp³-hybridized carbons (Fsp3) is 0.368. The third-order valence-electron chi connectivity index (χ3n) is 4.65. The molecule has 1 aromatic heterocycles. The van der Waals surface area contributed by atoms with Crippen LogP contribution in [0.25, 0.3) is 0 Å². The van der Waals surface area contributed by atoms with Gasteiger partial charge in [0.25, 0.3) is 5.56 Å². The first kappa shape index (κ1) is 18.4. The van der Waals surface area contributed by atoms with Crippen LogP contribution in [0.2, 0.25) is 0 Å². The molecule has 0 bridgehead atoms. The zero-order valence-electron chi connectivity index (χ0n) is 14.7. The number of halogens is 3. The summed E-state index contributed by atoms with van der Waals surface area (Å²) in [6, 6.07) is 7.05. The molecular weight excluding hydrogens is 343 g/mol. The van der Waals surface area contributed by atoms with Crippen LogP contribution in [-0.2, 0) is 6.18 Å². The molecule has 0 aliphatic carbocycles. The van der Waals surface area contributed by atoms with Gasteiger partial charge in [-0.25, -0.2) is 0 Å². The fourth-order valence-corrected chi connectivity index (χ4v) is 3.32. The number of hydrogen-bond acceptors (Lipinski definition) is 2. The zero-order valence-corrected chi connectivity index (χ0v) is 14.7. The molecule has 0 radical (unpaired) electrons. The number of nitrogens with one attached hydrogen (secondary N) is 2. The van der Waals surface area contributed by atoms with Crippen LogP contribution in [0.1, 0.15) is 49.8 Å². The second-order valence-electron chi connectivity index (χ2n) is 6.53. The lowest BCUT2D eigenvalue weighted by Crippen LogP contribution is -3.05. The third kappa shape index (κ3) is 3.31. The lowest BCUT2D eigenvalue weighted by atomic mass is 9.97. The predicted octanol–water partition coefficient (Wildman–Crippen LogP) is 3.25. The molecule has 7 heteroatoms. The largest absolute Gasteiger partial charge is 0.417 e. The number of unbranched alkanes of at least 4 members (excludes halogenated alkanes) is 1. The van der Waals surface area contributed by atoms with Crippen molar-refractivity contribution in [2.45, 2.75) is 45.3 Å². The first-order valence-corrected chi connectivity index (χ1v) is 8.69. The van der Waals surface area contributed by atoms with E-state index in [-0.39, 0.29) is 22.9 Å². The summed E-state index contributed by atoms with van der Waals surface area (Å²) < 4.78 is 40.4. The molecule has 138 valence electrons. The molecular formula is C19H21F3N3O+. The van der Waals surface area contributed by atoms with Crippen molar-refractivity contribution in [1.82, 2.24) is 4.98 Å². The van der Waals surface area contributed by atoms with Crippen LogP contribution in [0, 0.1) is 0 Å². The maximum atomic E-state index is 13.5. The average molecular weight is 364 g/mol. The minimum Gasteiger partial charge on any atom is -0.328 e. The van der Waals surface area contributed by atoms with Crippen molar-refractivity contribution < 1.29 is 18.2 Å². The van der Waals surface area contributed by atoms with Gasteiger partial charge in [0.05, 0.1) is 5.56 Å². The normalized spacial score (nSPS) is 17.7. The maximum absolute atomic E-state index is 13.5. The summed E-state index contributed by atoms with van der Waals surface area (Å²) in [5.74, 6) is 0. The Morgan fingerprint density at radius 1 is 1.23 bits per heavy atom. The van der Waals surface area contributed by atoms with Crippen LogP contribution in [0.4, 0.5) is 18.9 Å². The van der Waals surface area contributed by atoms with Gasteiger partial charge in [0.15, 0.2) is 5.69 Å². The number of aromatic nitrogens is 1. The molecule has 2 N–H and O–H groups in total. The van der Waals surface area contributed by atoms with Crippen molar-refractivity contribution >= 4 is 11.4 Å². The lowest BCUT2D eigenvalue weighted by molar-refractivity contribution is -0.863. The van der Waals surface area contributed by atoms with Gasteiger partial charge in [-0.2, -0.15) is 18.2 Å². The van der Waals surface area contributed by atoms with E-state index < -0.39 is 17.3 Å². The molecule has 0 amide bonds. The van der Waals surface area contributed by atoms with Gasteiger partial charge in [-0.05, 0) is 19.4 Å². The van der Waals surface area contributed by atoms with E-state index in [1.165, 1.54) is 24.4 Å². The van der Waals surface area contributed by atoms with Crippen molar-refractivity contribution in [1.29, 1.82) is 0 Å². The summed E-state index contributed by atoms with van der Waals surface area (Å²) in [6.45, 7) is 4.08. The highest BCUT2D eigenvalue weighted by atomic mass is 19.4. The monoisotopic (exact) mass is 364 g/mol. The summed E-state index contributed by atoms with van der Waals surface area (Å²) in [7, 11) is 0. The number of H-pyrrole nitrogens is 1. The first-order valence-electron chi connectivity index (χ1n) is 8.69. The minimum absolute atomic E-state index is 0.0596. The molecule has 0 saturated carbocycles. The lowest BCUT2D eigenvalue weighted by Gasteiger charge is -2.16. The van der Waals surface area contributed by atoms with Crippen molar-refractivity contribution in [3.05, 3.63) is 63.6 Å². The van der Waals surface area contributed by atoms with E-state index in [9.17, 15) is 18.0 Å². The summed E-state index contributed by atoms with van der Waals surface area (Å²) in [4.78, 5) is 15.0. The molecule has 3 rings (SSSR count). The molecule has 1 aromatic carbocycles. The van der Waals surface area contributed by atoms with E-state index >= 15 is 0 Å². The molecule has 2 unspecified atom stereocenters. The number of aromatic amines is 1. The van der Waals surface area contributed by atoms with Gasteiger partial charge in [0, 0.05) is 24.2 Å². The molecule has 0 fully saturated rings. The number of benzene rings is 1. The Balaban J connectivity index is 2.16. The van der Waals surface area contributed by atoms with E-state index in [1.54, 1.807) is 6.07 Å². The van der Waals surface area contributed by atoms with E-state index in [0.717, 1.165) is 25.3 Å². The van der Waals surface area contributed by atoms with Crippen LogP contribution in [0.15, 0.2) is 46.4 Å². The van der Waals surface area contributed by atoms with Crippen LogP contribution >= 0.6 is 0 Å². The highest BCUT2D eigenvalue weighted by Crippen LogP contribution is 2.33. The number of alkyl halides is 3. The van der Waals surface area contributed by atoms with Gasteiger partial charge in [0.2, 0.25) is 0 Å². The van der Waals surface area contributed by atoms with E-state index in [1.807, 2.05) is 6.92 Å². The summed E-state index contributed by atoms with van der Waals surface area (Å²) in [6.07, 6.45) is -0.116. The standard InChI is InChI=1S/C19H20F3N3O/c1-3-4-7-12(2)25-15-10-11-23-18(26)16(15)17(24-25)13-8-5-6-9-14(13)19(20,21)22/h5-6,8-12H,3-4,7H2,1-2H3,(H,23,26)/p+1. The number of nitrogens with zero attached hydrogens (tertiary/aromatic N) is 1. The van der Waals surface area contributed by atoms with Crippen molar-refractivity contribution in [2.75, 3.05) is 0 Å². The Bertz CT molecular complexity index is 886. The van der Waals surface area contributed by atoms with E-state index in [2.05, 4.69) is 17.0 Å². The second-order valence-corrected chi connectivity index (χ2v) is 6.53. The predicted molar refractivity (Wildman–Crippen MR) is 93.8 cm³/mol. The van der Waals surface area contributed by atoms with Crippen molar-refractivity contribution in [3.63, 3.8) is 0 Å². The van der Waals surface area contributed by atoms with Gasteiger partial charge in [-0.3, -0.25) is 4.79 Å². The summed E-state index contributed by atoms with van der Waals surface area (Å²) >= 11 is 0. The second kappa shape index (κ2) is 7.07. The molecule has 0 saturated heterocycles. The summed E-state index contributed by atoms with van der Waals surface area (Å²) in [5.41, 5.74) is -0.304. The smallest absolute Gasteiger partial charge is 0.328 e. The zero-order chi connectivity index (χ0) is 18.9. The summed E-state index contributed by atoms with van der Waals surface area (Å²) in [5, 5.41) is 5.21. The van der Waals surface area contributed by atoms with Crippen LogP contribution in [0.5, 0.6) is 0 Å². The molecule has 26 heavy (non-hydrogen) atoms. The number of hydrogen-bond donors (Lipinski definition) is 2. The number of fused-ring (bicyclic) bond motifs is 1. The molecule has 4 nitrogen and oxygen atoms in total. The van der Waals surface area contributed by atoms with Gasteiger partial charge < -0.3 is 4.98 Å². The Labute approximate surface area is 149 Å². The Morgan fingerprint density at radius 2 is 1.96 bits per heavy atom. The Hall–Kier alpha value is -2.41. The molecule has 2 atom stereocenters. The number of pyridine rings is 1. The van der Waals surface area contributed by atoms with Crippen LogP contribution < -0.4 is 10.6 Å². The number of rotatable bonds is 5. The topological polar surface area (TPSA) is 49.7 Å². The Kier molecular flexibility index (Phi) is 5.00. The average Bonchev–Trinajstić information content (AvgIpc) is 3.00. The van der Waals surface area contributed by atoms with E-state index in [4.69, 9.17) is 0 Å². The molecule has 1 aliphatic rings. The third-order valence-corrected chi connectivity index (χ3v) is 4.65. The van der Waals surface area contributed by atoms with Gasteiger partial charge in [-0.15, -0.1) is 0 Å². The molecule has 2 heterocycles. The SMILES string of the molecule is CCCCC(C)[NH+]1N=C(c2ccccc2C(F)(F)F)c2c1cc[nH]c2=O. The van der Waals surface area contributed by atoms with Gasteiger partial charge >= 0.3 is 6.18 Å². The highest BCUT2D eigenvalue weighted by molar-refractivity contribution is 6.16. The maximum Gasteiger partial charge on any atom is 0.417 e. The highest BCUT2D eigenvalue weighted by Gasteiger charge is 2.40. The minimum atomic E-state index is -4.52. The first-order chi connectivity index (χ1) is 12.3.